The summed E-state index contributed by atoms with van der Waals surface area (Å²) in [6, 6.07) is 51.0. The van der Waals surface area contributed by atoms with E-state index in [0.29, 0.717) is 0 Å². The lowest BCUT2D eigenvalue weighted by atomic mass is 10.0. The first-order chi connectivity index (χ1) is 21.8. The molecule has 0 amide bonds. The molecule has 0 aliphatic carbocycles. The van der Waals surface area contributed by atoms with Crippen molar-refractivity contribution in [3.8, 4) is 22.5 Å². The van der Waals surface area contributed by atoms with Crippen LogP contribution in [0, 0.1) is 0 Å². The topological polar surface area (TPSA) is 36.1 Å². The Hall–Kier alpha value is -6.00. The molecule has 0 radical (unpaired) electrons. The average Bonchev–Trinajstić information content (AvgIpc) is 3.81. The summed E-state index contributed by atoms with van der Waals surface area (Å²) in [6.07, 6.45) is 0. The van der Waals surface area contributed by atoms with Crippen molar-refractivity contribution >= 4 is 65.9 Å². The standard InChI is InChI=1S/C40H24N2O2/c1-2-12-26(13-3-1)41-34-24-25(22-23-29(34)38-31-17-7-10-20-35(31)43-39(38)41)27-14-4-8-18-32(27)42-33-19-9-5-15-28(33)37-30-16-6-11-21-36(30)44-40(37)42/h1-24H. The van der Waals surface area contributed by atoms with E-state index in [9.17, 15) is 0 Å². The number of nitrogens with zero attached hydrogens (tertiary/aromatic N) is 2. The first-order valence-corrected chi connectivity index (χ1v) is 14.9. The molecule has 0 saturated heterocycles. The molecule has 0 fully saturated rings. The number of hydrogen-bond acceptors (Lipinski definition) is 2. The fourth-order valence-electron chi connectivity index (χ4n) is 7.08. The summed E-state index contributed by atoms with van der Waals surface area (Å²) >= 11 is 0. The molecule has 4 heterocycles. The predicted molar refractivity (Wildman–Crippen MR) is 180 cm³/mol. The van der Waals surface area contributed by atoms with Crippen LogP contribution in [0.2, 0.25) is 0 Å². The normalized spacial score (nSPS) is 12.1. The molecule has 0 atom stereocenters. The summed E-state index contributed by atoms with van der Waals surface area (Å²) in [6.45, 7) is 0. The molecule has 10 rings (SSSR count). The molecule has 0 unspecified atom stereocenters. The summed E-state index contributed by atoms with van der Waals surface area (Å²) < 4.78 is 17.6. The van der Waals surface area contributed by atoms with Gasteiger partial charge in [0.25, 0.3) is 0 Å². The SMILES string of the molecule is c1ccc(-n2c3cc(-c4ccccc4-n4c5ccccc5c5c6ccccc6oc54)ccc3c3c4ccccc4oc32)cc1. The average molecular weight is 565 g/mol. The van der Waals surface area contributed by atoms with Crippen molar-refractivity contribution in [3.63, 3.8) is 0 Å². The molecule has 0 aliphatic rings. The van der Waals surface area contributed by atoms with Gasteiger partial charge in [-0.15, -0.1) is 0 Å². The predicted octanol–water partition coefficient (Wildman–Crippen LogP) is 11.0. The number of hydrogen-bond donors (Lipinski definition) is 0. The van der Waals surface area contributed by atoms with E-state index in [1.165, 1.54) is 10.8 Å². The van der Waals surface area contributed by atoms with Crippen LogP contribution in [0.25, 0.3) is 88.4 Å². The van der Waals surface area contributed by atoms with Gasteiger partial charge in [-0.3, -0.25) is 9.13 Å². The summed E-state index contributed by atoms with van der Waals surface area (Å²) in [4.78, 5) is 0. The van der Waals surface area contributed by atoms with Gasteiger partial charge in [-0.2, -0.15) is 0 Å². The molecule has 0 saturated carbocycles. The number of furan rings is 2. The zero-order chi connectivity index (χ0) is 28.8. The molecule has 10 aromatic rings. The van der Waals surface area contributed by atoms with Gasteiger partial charge in [0.05, 0.1) is 27.5 Å². The lowest BCUT2D eigenvalue weighted by Crippen LogP contribution is -1.97. The highest BCUT2D eigenvalue weighted by Gasteiger charge is 2.23. The molecular formula is C40H24N2O2. The number of benzene rings is 6. The summed E-state index contributed by atoms with van der Waals surface area (Å²) in [5.74, 6) is 0. The van der Waals surface area contributed by atoms with Gasteiger partial charge in [0.2, 0.25) is 11.4 Å². The Balaban J connectivity index is 1.28. The van der Waals surface area contributed by atoms with E-state index in [-0.39, 0.29) is 0 Å². The maximum atomic E-state index is 6.58. The van der Waals surface area contributed by atoms with Crippen LogP contribution in [-0.4, -0.2) is 9.13 Å². The van der Waals surface area contributed by atoms with Crippen LogP contribution >= 0.6 is 0 Å². The Morgan fingerprint density at radius 1 is 0.409 bits per heavy atom. The lowest BCUT2D eigenvalue weighted by Gasteiger charge is -2.14. The largest absolute Gasteiger partial charge is 0.439 e. The Bertz CT molecular complexity index is 2720. The van der Waals surface area contributed by atoms with Crippen molar-refractivity contribution < 1.29 is 8.83 Å². The Morgan fingerprint density at radius 2 is 0.977 bits per heavy atom. The third-order valence-electron chi connectivity index (χ3n) is 8.95. The second-order valence-corrected chi connectivity index (χ2v) is 11.3. The molecule has 0 spiro atoms. The van der Waals surface area contributed by atoms with Crippen molar-refractivity contribution in [2.75, 3.05) is 0 Å². The van der Waals surface area contributed by atoms with Crippen LogP contribution in [0.3, 0.4) is 0 Å². The Labute approximate surface area is 251 Å². The second-order valence-electron chi connectivity index (χ2n) is 11.3. The zero-order valence-electron chi connectivity index (χ0n) is 23.6. The van der Waals surface area contributed by atoms with E-state index < -0.39 is 0 Å². The van der Waals surface area contributed by atoms with Gasteiger partial charge in [0.1, 0.15) is 11.2 Å². The van der Waals surface area contributed by atoms with Crippen LogP contribution in [0.15, 0.2) is 154 Å². The Morgan fingerprint density at radius 3 is 1.73 bits per heavy atom. The van der Waals surface area contributed by atoms with Crippen LogP contribution in [0.4, 0.5) is 0 Å². The number of para-hydroxylation sites is 5. The van der Waals surface area contributed by atoms with E-state index in [2.05, 4.69) is 124 Å². The van der Waals surface area contributed by atoms with E-state index in [1.807, 2.05) is 30.3 Å². The highest BCUT2D eigenvalue weighted by Crippen LogP contribution is 2.43. The quantitative estimate of drug-likeness (QED) is 0.214. The van der Waals surface area contributed by atoms with E-state index in [1.54, 1.807) is 0 Å². The first-order valence-electron chi connectivity index (χ1n) is 14.9. The van der Waals surface area contributed by atoms with Crippen molar-refractivity contribution in [2.45, 2.75) is 0 Å². The minimum atomic E-state index is 0.859. The lowest BCUT2D eigenvalue weighted by molar-refractivity contribution is 0.645. The first kappa shape index (κ1) is 23.6. The number of rotatable bonds is 3. The summed E-state index contributed by atoms with van der Waals surface area (Å²) in [5.41, 5.74) is 10.1. The number of aromatic nitrogens is 2. The third-order valence-corrected chi connectivity index (χ3v) is 8.95. The fourth-order valence-corrected chi connectivity index (χ4v) is 7.08. The second kappa shape index (κ2) is 8.76. The third kappa shape index (κ3) is 3.11. The van der Waals surface area contributed by atoms with Gasteiger partial charge >= 0.3 is 0 Å². The summed E-state index contributed by atoms with van der Waals surface area (Å²) in [5, 5.41) is 6.89. The van der Waals surface area contributed by atoms with Crippen molar-refractivity contribution in [2.24, 2.45) is 0 Å². The Kier molecular flexibility index (Phi) is 4.69. The van der Waals surface area contributed by atoms with Gasteiger partial charge in [-0.1, -0.05) is 103 Å². The molecule has 0 aliphatic heterocycles. The van der Waals surface area contributed by atoms with Gasteiger partial charge < -0.3 is 8.83 Å². The van der Waals surface area contributed by atoms with Crippen molar-refractivity contribution in [3.05, 3.63) is 146 Å². The van der Waals surface area contributed by atoms with Gasteiger partial charge in [0.15, 0.2) is 0 Å². The molecule has 0 bridgehead atoms. The monoisotopic (exact) mass is 564 g/mol. The number of fused-ring (bicyclic) bond motifs is 10. The molecule has 4 heteroatoms. The van der Waals surface area contributed by atoms with Gasteiger partial charge in [0, 0.05) is 32.8 Å². The molecule has 206 valence electrons. The van der Waals surface area contributed by atoms with Crippen LogP contribution in [-0.2, 0) is 0 Å². The molecular weight excluding hydrogens is 540 g/mol. The van der Waals surface area contributed by atoms with Crippen molar-refractivity contribution in [1.82, 2.24) is 9.13 Å². The maximum absolute atomic E-state index is 6.58. The smallest absolute Gasteiger partial charge is 0.213 e. The molecule has 44 heavy (non-hydrogen) atoms. The van der Waals surface area contributed by atoms with Crippen LogP contribution in [0.1, 0.15) is 0 Å². The highest BCUT2D eigenvalue weighted by molar-refractivity contribution is 6.21. The minimum Gasteiger partial charge on any atom is -0.439 e. The van der Waals surface area contributed by atoms with E-state index in [0.717, 1.165) is 77.7 Å². The fraction of sp³-hybridized carbons (Fsp3) is 0. The maximum Gasteiger partial charge on any atom is 0.213 e. The van der Waals surface area contributed by atoms with E-state index in [4.69, 9.17) is 8.83 Å². The summed E-state index contributed by atoms with van der Waals surface area (Å²) in [7, 11) is 0. The zero-order valence-corrected chi connectivity index (χ0v) is 23.6. The molecule has 0 N–H and O–H groups in total. The van der Waals surface area contributed by atoms with Crippen LogP contribution < -0.4 is 0 Å². The van der Waals surface area contributed by atoms with Gasteiger partial charge in [-0.05, 0) is 48.0 Å². The van der Waals surface area contributed by atoms with Gasteiger partial charge in [-0.25, -0.2) is 0 Å². The minimum absolute atomic E-state index is 0.859. The molecule has 4 nitrogen and oxygen atoms in total. The van der Waals surface area contributed by atoms with E-state index >= 15 is 0 Å². The van der Waals surface area contributed by atoms with Crippen LogP contribution in [0.5, 0.6) is 0 Å². The van der Waals surface area contributed by atoms with Crippen molar-refractivity contribution in [1.29, 1.82) is 0 Å². The highest BCUT2D eigenvalue weighted by atomic mass is 16.3. The molecule has 4 aromatic heterocycles. The molecule has 6 aromatic carbocycles.